The van der Waals surface area contributed by atoms with Gasteiger partial charge in [-0.3, -0.25) is 9.59 Å². The van der Waals surface area contributed by atoms with Gasteiger partial charge >= 0.3 is 5.91 Å². The van der Waals surface area contributed by atoms with Crippen LogP contribution in [-0.2, 0) is 16.2 Å². The maximum absolute atomic E-state index is 12.9. The molecule has 7 heteroatoms. The molecule has 0 atom stereocenters. The van der Waals surface area contributed by atoms with Crippen LogP contribution in [0.5, 0.6) is 5.75 Å². The highest BCUT2D eigenvalue weighted by molar-refractivity contribution is 6.47. The predicted molar refractivity (Wildman–Crippen MR) is 116 cm³/mol. The zero-order valence-corrected chi connectivity index (χ0v) is 17.0. The summed E-state index contributed by atoms with van der Waals surface area (Å²) in [6.45, 7) is 0.392. The number of rotatable bonds is 5. The minimum Gasteiger partial charge on any atom is -0.502 e. The van der Waals surface area contributed by atoms with Gasteiger partial charge in [0.2, 0.25) is 0 Å². The first kappa shape index (κ1) is 20.0. The summed E-state index contributed by atoms with van der Waals surface area (Å²) in [5.74, 6) is -1.56. The Labute approximate surface area is 182 Å². The number of amides is 2. The fraction of sp³-hybridized carbons (Fsp3) is 0.0435. The molecule has 0 aliphatic carbocycles. The van der Waals surface area contributed by atoms with E-state index in [0.29, 0.717) is 23.1 Å². The monoisotopic (exact) mass is 439 g/mol. The number of imide groups is 1. The molecule has 4 rings (SSSR count). The van der Waals surface area contributed by atoms with Gasteiger partial charge in [-0.25, -0.2) is 4.90 Å². The minimum absolute atomic E-state index is 0.161. The first-order valence-electron chi connectivity index (χ1n) is 9.00. The first-order chi connectivity index (χ1) is 14.5. The van der Waals surface area contributed by atoms with E-state index in [1.165, 1.54) is 18.2 Å². The SMILES string of the molecule is O=C1C(O)=C(c2ccc(Cl)cc2Cl)C(=O)N1c1ccc(OCc2ccccc2)cc1. The molecule has 1 heterocycles. The Hall–Kier alpha value is -3.28. The van der Waals surface area contributed by atoms with Crippen LogP contribution in [0.15, 0.2) is 78.6 Å². The molecule has 0 bridgehead atoms. The third kappa shape index (κ3) is 3.77. The molecular formula is C23H15Cl2NO4. The molecule has 150 valence electrons. The number of carbonyl (C=O) groups is 2. The number of ether oxygens (including phenoxy) is 1. The van der Waals surface area contributed by atoms with E-state index in [1.54, 1.807) is 24.3 Å². The number of nitrogens with zero attached hydrogens (tertiary/aromatic N) is 1. The lowest BCUT2D eigenvalue weighted by atomic mass is 10.1. The van der Waals surface area contributed by atoms with Gasteiger partial charge in [0.15, 0.2) is 5.76 Å². The molecule has 0 unspecified atom stereocenters. The molecule has 0 aromatic heterocycles. The lowest BCUT2D eigenvalue weighted by molar-refractivity contribution is -0.121. The topological polar surface area (TPSA) is 66.8 Å². The molecule has 1 aliphatic heterocycles. The Morgan fingerprint density at radius 3 is 2.23 bits per heavy atom. The molecule has 1 N–H and O–H groups in total. The smallest absolute Gasteiger partial charge is 0.301 e. The van der Waals surface area contributed by atoms with Gasteiger partial charge in [-0.1, -0.05) is 59.6 Å². The van der Waals surface area contributed by atoms with Crippen molar-refractivity contribution in [1.82, 2.24) is 0 Å². The summed E-state index contributed by atoms with van der Waals surface area (Å²) in [6.07, 6.45) is 0. The molecule has 0 spiro atoms. The number of halogens is 2. The summed E-state index contributed by atoms with van der Waals surface area (Å²) >= 11 is 12.1. The van der Waals surface area contributed by atoms with Gasteiger partial charge < -0.3 is 9.84 Å². The number of aliphatic hydroxyl groups excluding tert-OH is 1. The highest BCUT2D eigenvalue weighted by Crippen LogP contribution is 2.36. The molecule has 0 saturated carbocycles. The maximum Gasteiger partial charge on any atom is 0.301 e. The van der Waals surface area contributed by atoms with Crippen molar-refractivity contribution in [2.24, 2.45) is 0 Å². The number of anilines is 1. The predicted octanol–water partition coefficient (Wildman–Crippen LogP) is 5.41. The second-order valence-corrected chi connectivity index (χ2v) is 7.41. The average Bonchev–Trinajstić information content (AvgIpc) is 2.97. The Kier molecular flexibility index (Phi) is 5.48. The summed E-state index contributed by atoms with van der Waals surface area (Å²) < 4.78 is 5.72. The third-order valence-corrected chi connectivity index (χ3v) is 5.15. The van der Waals surface area contributed by atoms with Crippen molar-refractivity contribution in [3.63, 3.8) is 0 Å². The molecule has 3 aromatic rings. The zero-order chi connectivity index (χ0) is 21.3. The van der Waals surface area contributed by atoms with Crippen molar-refractivity contribution in [1.29, 1.82) is 0 Å². The molecule has 0 radical (unpaired) electrons. The van der Waals surface area contributed by atoms with E-state index < -0.39 is 17.6 Å². The van der Waals surface area contributed by atoms with Gasteiger partial charge in [0.05, 0.1) is 16.3 Å². The standard InChI is InChI=1S/C23H15Cl2NO4/c24-15-6-11-18(19(25)12-15)20-21(27)23(29)26(22(20)28)16-7-9-17(10-8-16)30-13-14-4-2-1-3-5-14/h1-12,27H,13H2. The van der Waals surface area contributed by atoms with Crippen molar-refractivity contribution in [3.8, 4) is 5.75 Å². The van der Waals surface area contributed by atoms with Gasteiger partial charge in [0.1, 0.15) is 12.4 Å². The molecule has 2 amide bonds. The Bertz CT molecular complexity index is 1160. The van der Waals surface area contributed by atoms with Crippen LogP contribution in [-0.4, -0.2) is 16.9 Å². The summed E-state index contributed by atoms with van der Waals surface area (Å²) in [4.78, 5) is 26.4. The second kappa shape index (κ2) is 8.22. The second-order valence-electron chi connectivity index (χ2n) is 6.56. The van der Waals surface area contributed by atoms with Gasteiger partial charge in [0.25, 0.3) is 5.91 Å². The number of hydrogen-bond donors (Lipinski definition) is 1. The van der Waals surface area contributed by atoms with Gasteiger partial charge in [-0.15, -0.1) is 0 Å². The van der Waals surface area contributed by atoms with Crippen LogP contribution < -0.4 is 9.64 Å². The van der Waals surface area contributed by atoms with E-state index in [9.17, 15) is 14.7 Å². The van der Waals surface area contributed by atoms with Crippen LogP contribution in [0.2, 0.25) is 10.0 Å². The summed E-state index contributed by atoms with van der Waals surface area (Å²) in [7, 11) is 0. The van der Waals surface area contributed by atoms with Crippen molar-refractivity contribution < 1.29 is 19.4 Å². The van der Waals surface area contributed by atoms with Crippen LogP contribution in [0, 0.1) is 0 Å². The van der Waals surface area contributed by atoms with Gasteiger partial charge in [0, 0.05) is 10.6 Å². The largest absolute Gasteiger partial charge is 0.502 e. The molecule has 0 fully saturated rings. The van der Waals surface area contributed by atoms with E-state index >= 15 is 0 Å². The van der Waals surface area contributed by atoms with Gasteiger partial charge in [-0.05, 0) is 42.0 Å². The number of hydrogen-bond acceptors (Lipinski definition) is 4. The highest BCUT2D eigenvalue weighted by atomic mass is 35.5. The van der Waals surface area contributed by atoms with Gasteiger partial charge in [-0.2, -0.15) is 0 Å². The number of aliphatic hydroxyl groups is 1. The van der Waals surface area contributed by atoms with Crippen LogP contribution in [0.3, 0.4) is 0 Å². The number of carbonyl (C=O) groups excluding carboxylic acids is 2. The van der Waals surface area contributed by atoms with Crippen molar-refractivity contribution in [3.05, 3.63) is 99.7 Å². The lowest BCUT2D eigenvalue weighted by Crippen LogP contribution is -2.31. The van der Waals surface area contributed by atoms with E-state index in [2.05, 4.69) is 0 Å². The maximum atomic E-state index is 12.9. The van der Waals surface area contributed by atoms with Crippen molar-refractivity contribution in [2.75, 3.05) is 4.90 Å². The van der Waals surface area contributed by atoms with E-state index in [0.717, 1.165) is 10.5 Å². The summed E-state index contributed by atoms with van der Waals surface area (Å²) in [6, 6.07) is 20.6. The zero-order valence-electron chi connectivity index (χ0n) is 15.5. The van der Waals surface area contributed by atoms with Crippen molar-refractivity contribution in [2.45, 2.75) is 6.61 Å². The summed E-state index contributed by atoms with van der Waals surface area (Å²) in [5, 5.41) is 10.9. The van der Waals surface area contributed by atoms with E-state index in [1.807, 2.05) is 30.3 Å². The molecular weight excluding hydrogens is 425 g/mol. The Morgan fingerprint density at radius 1 is 0.867 bits per heavy atom. The first-order valence-corrected chi connectivity index (χ1v) is 9.75. The van der Waals surface area contributed by atoms with E-state index in [4.69, 9.17) is 27.9 Å². The van der Waals surface area contributed by atoms with Crippen molar-refractivity contribution >= 4 is 46.3 Å². The Morgan fingerprint density at radius 2 is 1.57 bits per heavy atom. The molecule has 1 aliphatic rings. The van der Waals surface area contributed by atoms with Crippen LogP contribution in [0.25, 0.3) is 5.57 Å². The minimum atomic E-state index is -0.820. The molecule has 5 nitrogen and oxygen atoms in total. The lowest BCUT2D eigenvalue weighted by Gasteiger charge is -2.15. The average molecular weight is 440 g/mol. The van der Waals surface area contributed by atoms with E-state index in [-0.39, 0.29) is 16.2 Å². The van der Waals surface area contributed by atoms with Crippen LogP contribution in [0.4, 0.5) is 5.69 Å². The third-order valence-electron chi connectivity index (χ3n) is 4.60. The Balaban J connectivity index is 1.55. The highest BCUT2D eigenvalue weighted by Gasteiger charge is 2.41. The molecule has 0 saturated heterocycles. The molecule has 30 heavy (non-hydrogen) atoms. The fourth-order valence-electron chi connectivity index (χ4n) is 3.12. The quantitative estimate of drug-likeness (QED) is 0.539. The van der Waals surface area contributed by atoms with Crippen LogP contribution >= 0.6 is 23.2 Å². The number of benzene rings is 3. The summed E-state index contributed by atoms with van der Waals surface area (Å²) in [5.41, 5.74) is 1.40. The van der Waals surface area contributed by atoms with Crippen LogP contribution in [0.1, 0.15) is 11.1 Å². The normalized spacial score (nSPS) is 13.9. The fourth-order valence-corrected chi connectivity index (χ4v) is 3.62. The molecule has 3 aromatic carbocycles.